The predicted molar refractivity (Wildman–Crippen MR) is 78.5 cm³/mol. The summed E-state index contributed by atoms with van der Waals surface area (Å²) in [7, 11) is -3.22. The second-order valence-corrected chi connectivity index (χ2v) is 7.54. The molecular formula is C14H19F3N2O3S. The summed E-state index contributed by atoms with van der Waals surface area (Å²) in [5.74, 6) is 0.189. The number of hydrogen-bond acceptors (Lipinski definition) is 4. The van der Waals surface area contributed by atoms with Gasteiger partial charge in [0.25, 0.3) is 0 Å². The summed E-state index contributed by atoms with van der Waals surface area (Å²) >= 11 is 0. The molecule has 130 valence electrons. The molecule has 0 bridgehead atoms. The van der Waals surface area contributed by atoms with Gasteiger partial charge >= 0.3 is 6.18 Å². The number of alkyl halides is 3. The van der Waals surface area contributed by atoms with Gasteiger partial charge in [-0.05, 0) is 38.7 Å². The average molecular weight is 352 g/mol. The fourth-order valence-corrected chi connectivity index (χ4v) is 3.33. The van der Waals surface area contributed by atoms with Gasteiger partial charge in [0.2, 0.25) is 15.9 Å². The Morgan fingerprint density at radius 3 is 2.39 bits per heavy atom. The van der Waals surface area contributed by atoms with E-state index in [4.69, 9.17) is 4.74 Å². The van der Waals surface area contributed by atoms with Crippen molar-refractivity contribution >= 4 is 10.0 Å². The molecule has 1 aliphatic rings. The molecule has 23 heavy (non-hydrogen) atoms. The molecular weight excluding hydrogens is 333 g/mol. The van der Waals surface area contributed by atoms with Crippen LogP contribution in [0.3, 0.4) is 0 Å². The van der Waals surface area contributed by atoms with E-state index >= 15 is 0 Å². The molecule has 1 heterocycles. The molecule has 2 rings (SSSR count). The Morgan fingerprint density at radius 1 is 1.26 bits per heavy atom. The first kappa shape index (κ1) is 18.0. The van der Waals surface area contributed by atoms with Crippen LogP contribution in [-0.4, -0.2) is 31.3 Å². The van der Waals surface area contributed by atoms with E-state index in [1.807, 2.05) is 0 Å². The van der Waals surface area contributed by atoms with Gasteiger partial charge in [0.05, 0.1) is 11.3 Å². The highest BCUT2D eigenvalue weighted by atomic mass is 32.2. The largest absolute Gasteiger partial charge is 0.474 e. The van der Waals surface area contributed by atoms with Gasteiger partial charge in [0, 0.05) is 18.3 Å². The average Bonchev–Trinajstić information content (AvgIpc) is 2.49. The van der Waals surface area contributed by atoms with Crippen LogP contribution >= 0.6 is 0 Å². The zero-order valence-electron chi connectivity index (χ0n) is 12.6. The summed E-state index contributed by atoms with van der Waals surface area (Å²) in [4.78, 5) is 3.68. The molecule has 1 N–H and O–H groups in total. The van der Waals surface area contributed by atoms with Gasteiger partial charge in [-0.3, -0.25) is 0 Å². The number of halogens is 3. The van der Waals surface area contributed by atoms with Gasteiger partial charge in [-0.25, -0.2) is 18.1 Å². The number of nitrogens with one attached hydrogen (secondary N) is 1. The predicted octanol–water partition coefficient (Wildman–Crippen LogP) is 2.73. The molecule has 0 saturated heterocycles. The van der Waals surface area contributed by atoms with Crippen LogP contribution in [0, 0.1) is 0 Å². The van der Waals surface area contributed by atoms with Crippen LogP contribution in [-0.2, 0) is 16.2 Å². The molecule has 0 aromatic carbocycles. The number of nitrogens with zero attached hydrogens (tertiary/aromatic N) is 1. The normalized spacial score (nSPS) is 22.8. The third kappa shape index (κ3) is 5.35. The second-order valence-electron chi connectivity index (χ2n) is 5.50. The van der Waals surface area contributed by atoms with Crippen LogP contribution in [0.4, 0.5) is 13.2 Å². The Labute approximate surface area is 133 Å². The molecule has 9 heteroatoms. The van der Waals surface area contributed by atoms with Crippen LogP contribution in [0.1, 0.15) is 38.2 Å². The van der Waals surface area contributed by atoms with E-state index in [0.29, 0.717) is 25.7 Å². The molecule has 0 amide bonds. The highest BCUT2D eigenvalue weighted by Crippen LogP contribution is 2.30. The van der Waals surface area contributed by atoms with Gasteiger partial charge in [0.1, 0.15) is 6.10 Å². The maximum Gasteiger partial charge on any atom is 0.417 e. The number of hydrogen-bond donors (Lipinski definition) is 1. The van der Waals surface area contributed by atoms with Crippen molar-refractivity contribution in [1.82, 2.24) is 9.71 Å². The summed E-state index contributed by atoms with van der Waals surface area (Å²) < 4.78 is 68.6. The third-order valence-corrected chi connectivity index (χ3v) is 5.20. The summed E-state index contributed by atoms with van der Waals surface area (Å²) in [5, 5.41) is 0. The minimum Gasteiger partial charge on any atom is -0.474 e. The molecule has 1 fully saturated rings. The number of rotatable bonds is 5. The van der Waals surface area contributed by atoms with Crippen LogP contribution in [0.2, 0.25) is 0 Å². The van der Waals surface area contributed by atoms with Crippen LogP contribution < -0.4 is 9.46 Å². The van der Waals surface area contributed by atoms with E-state index in [2.05, 4.69) is 9.71 Å². The SMILES string of the molecule is CCS(=O)(=O)NC1CCC(Oc2ccc(C(F)(F)F)cn2)CC1. The van der Waals surface area contributed by atoms with Crippen molar-refractivity contribution in [2.45, 2.75) is 50.9 Å². The highest BCUT2D eigenvalue weighted by Gasteiger charge is 2.31. The molecule has 5 nitrogen and oxygen atoms in total. The van der Waals surface area contributed by atoms with Crippen molar-refractivity contribution in [3.8, 4) is 5.88 Å². The Hall–Kier alpha value is -1.35. The fourth-order valence-electron chi connectivity index (χ4n) is 2.42. The van der Waals surface area contributed by atoms with Crippen molar-refractivity contribution < 1.29 is 26.3 Å². The molecule has 1 aliphatic carbocycles. The Kier molecular flexibility index (Phi) is 5.51. The van der Waals surface area contributed by atoms with Gasteiger partial charge in [0.15, 0.2) is 0 Å². The minimum absolute atomic E-state index is 0.0406. The second kappa shape index (κ2) is 7.04. The Balaban J connectivity index is 1.85. The van der Waals surface area contributed by atoms with Crippen molar-refractivity contribution in [2.75, 3.05) is 5.75 Å². The Morgan fingerprint density at radius 2 is 1.91 bits per heavy atom. The smallest absolute Gasteiger partial charge is 0.417 e. The lowest BCUT2D eigenvalue weighted by atomic mass is 9.94. The Bertz CT molecular complexity index is 609. The van der Waals surface area contributed by atoms with E-state index in [0.717, 1.165) is 12.3 Å². The number of aromatic nitrogens is 1. The highest BCUT2D eigenvalue weighted by molar-refractivity contribution is 7.89. The van der Waals surface area contributed by atoms with Crippen molar-refractivity contribution in [3.05, 3.63) is 23.9 Å². The van der Waals surface area contributed by atoms with E-state index in [9.17, 15) is 21.6 Å². The molecule has 1 aromatic heterocycles. The number of ether oxygens (including phenoxy) is 1. The minimum atomic E-state index is -4.42. The number of sulfonamides is 1. The molecule has 0 spiro atoms. The zero-order valence-corrected chi connectivity index (χ0v) is 13.5. The molecule has 1 aromatic rings. The van der Waals surface area contributed by atoms with Gasteiger partial charge in [-0.1, -0.05) is 0 Å². The lowest BCUT2D eigenvalue weighted by molar-refractivity contribution is -0.137. The quantitative estimate of drug-likeness (QED) is 0.885. The van der Waals surface area contributed by atoms with Gasteiger partial charge in [-0.2, -0.15) is 13.2 Å². The first-order valence-corrected chi connectivity index (χ1v) is 9.05. The lowest BCUT2D eigenvalue weighted by Gasteiger charge is -2.28. The number of pyridine rings is 1. The molecule has 0 aliphatic heterocycles. The maximum absolute atomic E-state index is 12.4. The molecule has 0 unspecified atom stereocenters. The zero-order chi connectivity index (χ0) is 17.1. The van der Waals surface area contributed by atoms with Gasteiger partial charge in [-0.15, -0.1) is 0 Å². The topological polar surface area (TPSA) is 68.3 Å². The lowest BCUT2D eigenvalue weighted by Crippen LogP contribution is -2.40. The van der Waals surface area contributed by atoms with Crippen molar-refractivity contribution in [2.24, 2.45) is 0 Å². The summed E-state index contributed by atoms with van der Waals surface area (Å²) in [6.07, 6.45) is -1.33. The van der Waals surface area contributed by atoms with Gasteiger partial charge < -0.3 is 4.74 Å². The summed E-state index contributed by atoms with van der Waals surface area (Å²) in [5.41, 5.74) is -0.817. The first-order valence-electron chi connectivity index (χ1n) is 7.39. The third-order valence-electron chi connectivity index (χ3n) is 3.75. The summed E-state index contributed by atoms with van der Waals surface area (Å²) in [6, 6.07) is 2.03. The molecule has 0 atom stereocenters. The monoisotopic (exact) mass is 352 g/mol. The fraction of sp³-hybridized carbons (Fsp3) is 0.643. The van der Waals surface area contributed by atoms with Crippen molar-refractivity contribution in [1.29, 1.82) is 0 Å². The van der Waals surface area contributed by atoms with E-state index in [1.54, 1.807) is 6.92 Å². The van der Waals surface area contributed by atoms with Crippen LogP contribution in [0.25, 0.3) is 0 Å². The van der Waals surface area contributed by atoms with E-state index in [-0.39, 0.29) is 23.8 Å². The first-order chi connectivity index (χ1) is 10.7. The molecule has 1 saturated carbocycles. The molecule has 0 radical (unpaired) electrons. The standard InChI is InChI=1S/C14H19F3N2O3S/c1-2-23(20,21)19-11-4-6-12(7-5-11)22-13-8-3-10(9-18-13)14(15,16)17/h3,8-9,11-12,19H,2,4-7H2,1H3. The van der Waals surface area contributed by atoms with E-state index in [1.165, 1.54) is 6.07 Å². The van der Waals surface area contributed by atoms with Crippen molar-refractivity contribution in [3.63, 3.8) is 0 Å². The maximum atomic E-state index is 12.4. The van der Waals surface area contributed by atoms with Crippen LogP contribution in [0.15, 0.2) is 18.3 Å². The van der Waals surface area contributed by atoms with E-state index < -0.39 is 21.8 Å². The van der Waals surface area contributed by atoms with Crippen LogP contribution in [0.5, 0.6) is 5.88 Å². The summed E-state index contributed by atoms with van der Waals surface area (Å²) in [6.45, 7) is 1.58.